The van der Waals surface area contributed by atoms with E-state index in [1.54, 1.807) is 6.20 Å². The van der Waals surface area contributed by atoms with Gasteiger partial charge in [0.25, 0.3) is 0 Å². The van der Waals surface area contributed by atoms with E-state index >= 15 is 0 Å². The minimum absolute atomic E-state index is 0.0522. The van der Waals surface area contributed by atoms with Crippen LogP contribution >= 0.6 is 0 Å². The van der Waals surface area contributed by atoms with E-state index < -0.39 is 0 Å². The molecule has 2 atom stereocenters. The molecule has 5 heteroatoms. The Hall–Kier alpha value is -0.910. The molecule has 1 saturated heterocycles. The second-order valence-electron chi connectivity index (χ2n) is 4.63. The van der Waals surface area contributed by atoms with Crippen LogP contribution < -0.4 is 5.73 Å². The van der Waals surface area contributed by atoms with E-state index in [1.165, 1.54) is 6.42 Å². The minimum atomic E-state index is -0.144. The molecule has 0 radical (unpaired) electrons. The van der Waals surface area contributed by atoms with Crippen molar-refractivity contribution in [2.24, 2.45) is 12.8 Å². The van der Waals surface area contributed by atoms with E-state index in [0.717, 1.165) is 32.1 Å². The number of hydrogen-bond donors (Lipinski definition) is 1. The maximum Gasteiger partial charge on any atom is 0.128 e. The summed E-state index contributed by atoms with van der Waals surface area (Å²) in [5, 5.41) is 0. The van der Waals surface area contributed by atoms with E-state index in [4.69, 9.17) is 10.5 Å². The number of aromatic nitrogens is 2. The highest BCUT2D eigenvalue weighted by Crippen LogP contribution is 2.18. The molecule has 17 heavy (non-hydrogen) atoms. The zero-order valence-corrected chi connectivity index (χ0v) is 10.7. The summed E-state index contributed by atoms with van der Waals surface area (Å²) in [5.41, 5.74) is 6.24. The summed E-state index contributed by atoms with van der Waals surface area (Å²) in [6.07, 6.45) is 4.92. The van der Waals surface area contributed by atoms with Gasteiger partial charge >= 0.3 is 0 Å². The van der Waals surface area contributed by atoms with Crippen LogP contribution in [0.25, 0.3) is 0 Å². The second-order valence-corrected chi connectivity index (χ2v) is 4.63. The average Bonchev–Trinajstić information content (AvgIpc) is 2.75. The molecular weight excluding hydrogens is 216 g/mol. The summed E-state index contributed by atoms with van der Waals surface area (Å²) in [6.45, 7) is 6.00. The molecular formula is C12H22N4O. The lowest BCUT2D eigenvalue weighted by atomic mass is 10.1. The molecule has 0 saturated carbocycles. The summed E-state index contributed by atoms with van der Waals surface area (Å²) < 4.78 is 7.74. The van der Waals surface area contributed by atoms with Gasteiger partial charge in [0, 0.05) is 32.5 Å². The molecule has 0 amide bonds. The van der Waals surface area contributed by atoms with Crippen molar-refractivity contribution in [3.05, 3.63) is 18.2 Å². The van der Waals surface area contributed by atoms with Gasteiger partial charge < -0.3 is 15.0 Å². The number of hydrogen-bond acceptors (Lipinski definition) is 4. The number of ether oxygens (including phenoxy) is 1. The van der Waals surface area contributed by atoms with Crippen LogP contribution in [0.4, 0.5) is 0 Å². The van der Waals surface area contributed by atoms with Crippen LogP contribution in [0.5, 0.6) is 0 Å². The fraction of sp³-hybridized carbons (Fsp3) is 0.750. The maximum atomic E-state index is 6.24. The number of rotatable bonds is 4. The van der Waals surface area contributed by atoms with Crippen molar-refractivity contribution >= 4 is 0 Å². The van der Waals surface area contributed by atoms with Crippen molar-refractivity contribution in [2.75, 3.05) is 26.2 Å². The third-order valence-corrected chi connectivity index (χ3v) is 3.27. The van der Waals surface area contributed by atoms with Crippen LogP contribution in [0.2, 0.25) is 0 Å². The first-order valence-corrected chi connectivity index (χ1v) is 6.29. The average molecular weight is 238 g/mol. The van der Waals surface area contributed by atoms with Crippen LogP contribution in [0.15, 0.2) is 12.4 Å². The molecule has 0 bridgehead atoms. The van der Waals surface area contributed by atoms with Crippen LogP contribution in [-0.4, -0.2) is 46.8 Å². The van der Waals surface area contributed by atoms with E-state index in [0.29, 0.717) is 0 Å². The van der Waals surface area contributed by atoms with Gasteiger partial charge in [0.2, 0.25) is 0 Å². The number of imidazole rings is 1. The van der Waals surface area contributed by atoms with Gasteiger partial charge in [-0.05, 0) is 13.0 Å². The molecule has 1 aromatic rings. The maximum absolute atomic E-state index is 6.24. The zero-order chi connectivity index (χ0) is 12.3. The molecule has 2 heterocycles. The normalized spacial score (nSPS) is 23.8. The first-order valence-electron chi connectivity index (χ1n) is 6.29. The lowest BCUT2D eigenvalue weighted by Gasteiger charge is -2.35. The predicted molar refractivity (Wildman–Crippen MR) is 66.6 cm³/mol. The van der Waals surface area contributed by atoms with Crippen LogP contribution in [0.3, 0.4) is 0 Å². The Morgan fingerprint density at radius 3 is 3.12 bits per heavy atom. The van der Waals surface area contributed by atoms with Crippen molar-refractivity contribution in [3.8, 4) is 0 Å². The Bertz CT molecular complexity index is 350. The molecule has 0 aliphatic carbocycles. The van der Waals surface area contributed by atoms with Gasteiger partial charge in [-0.25, -0.2) is 4.98 Å². The van der Waals surface area contributed by atoms with E-state index in [-0.39, 0.29) is 12.1 Å². The predicted octanol–water partition coefficient (Wildman–Crippen LogP) is 0.531. The summed E-state index contributed by atoms with van der Waals surface area (Å²) >= 11 is 0. The third kappa shape index (κ3) is 2.86. The van der Waals surface area contributed by atoms with Gasteiger partial charge in [-0.15, -0.1) is 0 Å². The largest absolute Gasteiger partial charge is 0.373 e. The van der Waals surface area contributed by atoms with Crippen molar-refractivity contribution in [1.29, 1.82) is 0 Å². The lowest BCUT2D eigenvalue weighted by Crippen LogP contribution is -2.47. The Morgan fingerprint density at radius 1 is 1.65 bits per heavy atom. The number of morpholine rings is 1. The molecule has 0 spiro atoms. The highest BCUT2D eigenvalue weighted by Gasteiger charge is 2.28. The highest BCUT2D eigenvalue weighted by atomic mass is 16.5. The van der Waals surface area contributed by atoms with Crippen LogP contribution in [-0.2, 0) is 11.8 Å². The van der Waals surface area contributed by atoms with Crippen molar-refractivity contribution < 1.29 is 4.74 Å². The Balaban J connectivity index is 1.99. The molecule has 0 aromatic carbocycles. The third-order valence-electron chi connectivity index (χ3n) is 3.27. The number of aryl methyl sites for hydroxylation is 1. The molecule has 5 nitrogen and oxygen atoms in total. The van der Waals surface area contributed by atoms with Gasteiger partial charge in [-0.1, -0.05) is 6.92 Å². The quantitative estimate of drug-likeness (QED) is 0.831. The minimum Gasteiger partial charge on any atom is -0.373 e. The molecule has 1 aliphatic rings. The first-order chi connectivity index (χ1) is 8.22. The van der Waals surface area contributed by atoms with Crippen molar-refractivity contribution in [3.63, 3.8) is 0 Å². The highest BCUT2D eigenvalue weighted by molar-refractivity contribution is 5.01. The standard InChI is InChI=1S/C12H22N4O/c1-3-5-16-7-8-17-10(9-16)11(13)12-14-4-6-15(12)2/h4,6,10-11H,3,5,7-9,13H2,1-2H3. The summed E-state index contributed by atoms with van der Waals surface area (Å²) in [5.74, 6) is 0.897. The summed E-state index contributed by atoms with van der Waals surface area (Å²) in [4.78, 5) is 6.72. The van der Waals surface area contributed by atoms with Crippen LogP contribution in [0, 0.1) is 0 Å². The topological polar surface area (TPSA) is 56.3 Å². The molecule has 2 rings (SSSR count). The fourth-order valence-corrected chi connectivity index (χ4v) is 2.33. The van der Waals surface area contributed by atoms with E-state index in [9.17, 15) is 0 Å². The number of nitrogens with zero attached hydrogens (tertiary/aromatic N) is 3. The Kier molecular flexibility index (Phi) is 4.15. The Labute approximate surface area is 103 Å². The van der Waals surface area contributed by atoms with Crippen molar-refractivity contribution in [1.82, 2.24) is 14.5 Å². The molecule has 2 unspecified atom stereocenters. The SMILES string of the molecule is CCCN1CCOC(C(N)c2nccn2C)C1. The molecule has 2 N–H and O–H groups in total. The van der Waals surface area contributed by atoms with Crippen molar-refractivity contribution in [2.45, 2.75) is 25.5 Å². The molecule has 1 aliphatic heterocycles. The van der Waals surface area contributed by atoms with Gasteiger partial charge in [0.15, 0.2) is 0 Å². The van der Waals surface area contributed by atoms with Crippen LogP contribution in [0.1, 0.15) is 25.2 Å². The van der Waals surface area contributed by atoms with Gasteiger partial charge in [-0.3, -0.25) is 4.90 Å². The van der Waals surface area contributed by atoms with Gasteiger partial charge in [0.05, 0.1) is 18.8 Å². The molecule has 1 aromatic heterocycles. The summed E-state index contributed by atoms with van der Waals surface area (Å²) in [7, 11) is 1.97. The zero-order valence-electron chi connectivity index (χ0n) is 10.7. The number of nitrogens with two attached hydrogens (primary N) is 1. The van der Waals surface area contributed by atoms with Gasteiger partial charge in [0.1, 0.15) is 5.82 Å². The Morgan fingerprint density at radius 2 is 2.47 bits per heavy atom. The second kappa shape index (κ2) is 5.62. The van der Waals surface area contributed by atoms with Gasteiger partial charge in [-0.2, -0.15) is 0 Å². The molecule has 96 valence electrons. The molecule has 1 fully saturated rings. The van der Waals surface area contributed by atoms with E-state index in [2.05, 4.69) is 16.8 Å². The first kappa shape index (κ1) is 12.5. The smallest absolute Gasteiger partial charge is 0.128 e. The monoisotopic (exact) mass is 238 g/mol. The lowest BCUT2D eigenvalue weighted by molar-refractivity contribution is -0.0423. The fourth-order valence-electron chi connectivity index (χ4n) is 2.33. The summed E-state index contributed by atoms with van der Waals surface area (Å²) in [6, 6.07) is -0.144. The van der Waals surface area contributed by atoms with E-state index in [1.807, 2.05) is 17.8 Å².